The van der Waals surface area contributed by atoms with Gasteiger partial charge in [0, 0.05) is 36.7 Å². The fourth-order valence-electron chi connectivity index (χ4n) is 4.73. The van der Waals surface area contributed by atoms with Crippen LogP contribution in [0.25, 0.3) is 23.3 Å². The lowest BCUT2D eigenvalue weighted by Crippen LogP contribution is -2.29. The van der Waals surface area contributed by atoms with E-state index in [1.807, 2.05) is 36.4 Å². The van der Waals surface area contributed by atoms with Gasteiger partial charge in [-0.15, -0.1) is 0 Å². The van der Waals surface area contributed by atoms with E-state index < -0.39 is 29.5 Å². The lowest BCUT2D eigenvalue weighted by molar-refractivity contribution is -0.148. The Labute approximate surface area is 250 Å². The van der Waals surface area contributed by atoms with Gasteiger partial charge in [0.1, 0.15) is 12.2 Å². The molecule has 43 heavy (non-hydrogen) atoms. The van der Waals surface area contributed by atoms with Crippen LogP contribution in [0.2, 0.25) is 0 Å². The van der Waals surface area contributed by atoms with E-state index in [1.54, 1.807) is 39.0 Å². The Bertz CT molecular complexity index is 1540. The number of carboxylic acids is 1. The van der Waals surface area contributed by atoms with E-state index in [-0.39, 0.29) is 25.5 Å². The van der Waals surface area contributed by atoms with Gasteiger partial charge in [-0.1, -0.05) is 60.7 Å². The van der Waals surface area contributed by atoms with Crippen molar-refractivity contribution in [3.8, 4) is 11.1 Å². The summed E-state index contributed by atoms with van der Waals surface area (Å²) in [5, 5.41) is 14.3. The fourth-order valence-corrected chi connectivity index (χ4v) is 4.73. The summed E-state index contributed by atoms with van der Waals surface area (Å²) < 4.78 is 10.8. The predicted molar refractivity (Wildman–Crippen MR) is 164 cm³/mol. The van der Waals surface area contributed by atoms with Crippen LogP contribution in [0, 0.1) is 0 Å². The second-order valence-electron chi connectivity index (χ2n) is 10.9. The predicted octanol–water partition coefficient (Wildman–Crippen LogP) is 6.01. The average molecular weight is 583 g/mol. The maximum absolute atomic E-state index is 12.8. The number of carboxylic acid groups (broad SMARTS) is 1. The number of hydrogen-bond acceptors (Lipinski definition) is 6. The van der Waals surface area contributed by atoms with Crippen LogP contribution < -0.4 is 10.6 Å². The Morgan fingerprint density at radius 3 is 2.16 bits per heavy atom. The molecule has 0 spiro atoms. The molecule has 3 aromatic carbocycles. The van der Waals surface area contributed by atoms with E-state index in [0.717, 1.165) is 28.3 Å². The summed E-state index contributed by atoms with van der Waals surface area (Å²) in [6.45, 7) is 5.46. The average Bonchev–Trinajstić information content (AvgIpc) is 3.27. The topological polar surface area (TPSA) is 131 Å². The quantitative estimate of drug-likeness (QED) is 0.197. The number of alkyl carbamates (subject to hydrolysis) is 1. The zero-order valence-corrected chi connectivity index (χ0v) is 24.3. The third kappa shape index (κ3) is 8.65. The zero-order chi connectivity index (χ0) is 31.0. The number of hydrogen-bond donors (Lipinski definition) is 3. The first-order valence-corrected chi connectivity index (χ1v) is 13.8. The van der Waals surface area contributed by atoms with Gasteiger partial charge in [0.2, 0.25) is 5.91 Å². The molecule has 3 N–H and O–H groups in total. The highest BCUT2D eigenvalue weighted by Crippen LogP contribution is 2.44. The molecule has 1 aliphatic rings. The standard InChI is InChI=1S/C34H34N2O7/c1-34(2,3)43-32(40)17-15-23-14-12-22(13-16-31(38)39)20-29(23)36-30(37)18-19-35-33(41)42-21-28-26-10-6-4-8-24(26)25-9-5-7-11-27(25)28/h4-17,20,28H,18-19,21H2,1-3H3,(H,35,41)(H,36,37)(H,38,39). The molecule has 0 atom stereocenters. The molecule has 0 heterocycles. The highest BCUT2D eigenvalue weighted by molar-refractivity contribution is 5.96. The molecule has 0 bridgehead atoms. The summed E-state index contributed by atoms with van der Waals surface area (Å²) in [6, 6.07) is 21.0. The molecular formula is C34H34N2O7. The summed E-state index contributed by atoms with van der Waals surface area (Å²) in [5.74, 6) is -2.13. The molecule has 3 aromatic rings. The van der Waals surface area contributed by atoms with Gasteiger partial charge in [-0.2, -0.15) is 0 Å². The molecule has 0 unspecified atom stereocenters. The van der Waals surface area contributed by atoms with Gasteiger partial charge in [0.15, 0.2) is 0 Å². The number of rotatable bonds is 10. The first kappa shape index (κ1) is 30.8. The van der Waals surface area contributed by atoms with E-state index in [2.05, 4.69) is 22.8 Å². The third-order valence-corrected chi connectivity index (χ3v) is 6.54. The van der Waals surface area contributed by atoms with Crippen molar-refractivity contribution in [3.05, 3.63) is 101 Å². The molecule has 0 aromatic heterocycles. The van der Waals surface area contributed by atoms with E-state index in [0.29, 0.717) is 16.8 Å². The minimum absolute atomic E-state index is 0.0319. The second kappa shape index (κ2) is 13.7. The summed E-state index contributed by atoms with van der Waals surface area (Å²) in [6.07, 6.45) is 4.45. The SMILES string of the molecule is CC(C)(C)OC(=O)C=Cc1ccc(C=CC(=O)O)cc1NC(=O)CCNC(=O)OCC1c2ccccc2-c2ccccc21. The molecule has 222 valence electrons. The van der Waals surface area contributed by atoms with Crippen LogP contribution >= 0.6 is 0 Å². The molecule has 2 amide bonds. The van der Waals surface area contributed by atoms with Crippen LogP contribution in [0.1, 0.15) is 55.4 Å². The number of benzene rings is 3. The molecule has 0 radical (unpaired) electrons. The van der Waals surface area contributed by atoms with E-state index in [4.69, 9.17) is 14.6 Å². The molecule has 0 saturated heterocycles. The highest BCUT2D eigenvalue weighted by atomic mass is 16.6. The van der Waals surface area contributed by atoms with Gasteiger partial charge in [-0.25, -0.2) is 14.4 Å². The maximum atomic E-state index is 12.8. The van der Waals surface area contributed by atoms with Crippen molar-refractivity contribution in [2.75, 3.05) is 18.5 Å². The van der Waals surface area contributed by atoms with Gasteiger partial charge in [-0.3, -0.25) is 4.79 Å². The van der Waals surface area contributed by atoms with E-state index in [9.17, 15) is 19.2 Å². The van der Waals surface area contributed by atoms with Crippen molar-refractivity contribution in [3.63, 3.8) is 0 Å². The van der Waals surface area contributed by atoms with Crippen LogP contribution in [-0.2, 0) is 23.9 Å². The van der Waals surface area contributed by atoms with Crippen LogP contribution in [0.3, 0.4) is 0 Å². The number of carbonyl (C=O) groups is 4. The second-order valence-corrected chi connectivity index (χ2v) is 10.9. The minimum Gasteiger partial charge on any atom is -0.478 e. The van der Waals surface area contributed by atoms with Crippen LogP contribution in [0.15, 0.2) is 78.9 Å². The van der Waals surface area contributed by atoms with Crippen molar-refractivity contribution >= 4 is 41.8 Å². The Kier molecular flexibility index (Phi) is 9.77. The van der Waals surface area contributed by atoms with Crippen LogP contribution in [0.5, 0.6) is 0 Å². The number of aliphatic carboxylic acids is 1. The molecule has 0 saturated carbocycles. The molecular weight excluding hydrogens is 548 g/mol. The fraction of sp³-hybridized carbons (Fsp3) is 0.235. The largest absolute Gasteiger partial charge is 0.478 e. The van der Waals surface area contributed by atoms with Crippen molar-refractivity contribution in [1.29, 1.82) is 0 Å². The molecule has 9 nitrogen and oxygen atoms in total. The number of esters is 1. The van der Waals surface area contributed by atoms with Gasteiger partial charge in [-0.05, 0) is 72.4 Å². The van der Waals surface area contributed by atoms with Crippen molar-refractivity contribution in [2.45, 2.75) is 38.7 Å². The number of fused-ring (bicyclic) bond motifs is 3. The first-order chi connectivity index (χ1) is 20.5. The maximum Gasteiger partial charge on any atom is 0.407 e. The molecule has 0 aliphatic heterocycles. The molecule has 4 rings (SSSR count). The first-order valence-electron chi connectivity index (χ1n) is 13.8. The van der Waals surface area contributed by atoms with Crippen molar-refractivity contribution < 1.29 is 33.8 Å². The van der Waals surface area contributed by atoms with Gasteiger partial charge >= 0.3 is 18.0 Å². The number of carbonyl (C=O) groups excluding carboxylic acids is 3. The minimum atomic E-state index is -1.11. The van der Waals surface area contributed by atoms with Crippen LogP contribution in [-0.4, -0.2) is 47.8 Å². The zero-order valence-electron chi connectivity index (χ0n) is 24.3. The summed E-state index contributed by atoms with van der Waals surface area (Å²) >= 11 is 0. The number of amides is 2. The van der Waals surface area contributed by atoms with Crippen molar-refractivity contribution in [2.24, 2.45) is 0 Å². The number of anilines is 1. The Balaban J connectivity index is 1.33. The molecule has 1 aliphatic carbocycles. The highest BCUT2D eigenvalue weighted by Gasteiger charge is 2.29. The van der Waals surface area contributed by atoms with Gasteiger partial charge in [0.25, 0.3) is 0 Å². The summed E-state index contributed by atoms with van der Waals surface area (Å²) in [5.41, 5.74) is 5.21. The Morgan fingerprint density at radius 1 is 0.884 bits per heavy atom. The summed E-state index contributed by atoms with van der Waals surface area (Å²) in [7, 11) is 0. The Hall–Kier alpha value is -5.18. The molecule has 9 heteroatoms. The smallest absolute Gasteiger partial charge is 0.407 e. The van der Waals surface area contributed by atoms with Crippen molar-refractivity contribution in [1.82, 2.24) is 5.32 Å². The van der Waals surface area contributed by atoms with E-state index in [1.165, 1.54) is 18.2 Å². The lowest BCUT2D eigenvalue weighted by Gasteiger charge is -2.18. The lowest BCUT2D eigenvalue weighted by atomic mass is 9.98. The number of nitrogens with one attached hydrogen (secondary N) is 2. The Morgan fingerprint density at radius 2 is 1.53 bits per heavy atom. The van der Waals surface area contributed by atoms with E-state index >= 15 is 0 Å². The molecule has 0 fully saturated rings. The summed E-state index contributed by atoms with van der Waals surface area (Å²) in [4.78, 5) is 48.3. The monoisotopic (exact) mass is 582 g/mol. The normalized spacial score (nSPS) is 12.5. The van der Waals surface area contributed by atoms with Crippen LogP contribution in [0.4, 0.5) is 10.5 Å². The van der Waals surface area contributed by atoms with Gasteiger partial charge in [0.05, 0.1) is 0 Å². The van der Waals surface area contributed by atoms with Gasteiger partial charge < -0.3 is 25.2 Å². The number of ether oxygens (including phenoxy) is 2. The third-order valence-electron chi connectivity index (χ3n) is 6.54.